The summed E-state index contributed by atoms with van der Waals surface area (Å²) in [4.78, 5) is 0. The van der Waals surface area contributed by atoms with Crippen LogP contribution in [0.3, 0.4) is 0 Å². The monoisotopic (exact) mass is 364 g/mol. The van der Waals surface area contributed by atoms with Gasteiger partial charge in [0.15, 0.2) is 0 Å². The molecule has 0 bridgehead atoms. The summed E-state index contributed by atoms with van der Waals surface area (Å²) in [5, 5.41) is 10.4. The third-order valence-electron chi connectivity index (χ3n) is 3.54. The highest BCUT2D eigenvalue weighted by molar-refractivity contribution is 7.53. The fraction of sp³-hybridized carbons (Fsp3) is 0.368. The van der Waals surface area contributed by atoms with Crippen LogP contribution in [0.2, 0.25) is 0 Å². The van der Waals surface area contributed by atoms with E-state index in [4.69, 9.17) is 13.8 Å². The summed E-state index contributed by atoms with van der Waals surface area (Å²) in [5.74, 6) is 0.642. The lowest BCUT2D eigenvalue weighted by atomic mass is 10.1. The molecule has 0 heterocycles. The average molecular weight is 364 g/mol. The number of rotatable bonds is 10. The standard InChI is InChI=1S/C19H25O5P/c1-3-23-25(21,24-4-2)15-19(20)17-11-8-12-18(13-17)22-14-16-9-6-5-7-10-16/h5-13,19-20H,3-4,14-15H2,1-2H3/t19-/m1/s1. The van der Waals surface area contributed by atoms with Crippen LogP contribution < -0.4 is 4.74 Å². The van der Waals surface area contributed by atoms with Crippen molar-refractivity contribution < 1.29 is 23.5 Å². The molecular weight excluding hydrogens is 339 g/mol. The molecule has 1 N–H and O–H groups in total. The highest BCUT2D eigenvalue weighted by Gasteiger charge is 2.28. The van der Waals surface area contributed by atoms with E-state index in [1.54, 1.807) is 32.0 Å². The van der Waals surface area contributed by atoms with Gasteiger partial charge in [0.1, 0.15) is 12.4 Å². The molecule has 0 amide bonds. The van der Waals surface area contributed by atoms with E-state index in [-0.39, 0.29) is 19.4 Å². The molecule has 25 heavy (non-hydrogen) atoms. The Labute approximate surface area is 149 Å². The van der Waals surface area contributed by atoms with Crippen molar-refractivity contribution in [1.82, 2.24) is 0 Å². The summed E-state index contributed by atoms with van der Waals surface area (Å²) < 4.78 is 28.8. The molecule has 0 aliphatic carbocycles. The van der Waals surface area contributed by atoms with Gasteiger partial charge in [0.05, 0.1) is 25.5 Å². The molecule has 136 valence electrons. The number of hydrogen-bond donors (Lipinski definition) is 1. The maximum Gasteiger partial charge on any atom is 0.333 e. The van der Waals surface area contributed by atoms with Gasteiger partial charge in [0.25, 0.3) is 0 Å². The Balaban J connectivity index is 2.02. The second kappa shape index (κ2) is 9.73. The Hall–Kier alpha value is -1.65. The molecule has 0 saturated carbocycles. The largest absolute Gasteiger partial charge is 0.489 e. The molecule has 0 aliphatic heterocycles. The predicted molar refractivity (Wildman–Crippen MR) is 97.9 cm³/mol. The number of aliphatic hydroxyl groups is 1. The lowest BCUT2D eigenvalue weighted by Crippen LogP contribution is -2.09. The van der Waals surface area contributed by atoms with Gasteiger partial charge in [-0.25, -0.2) is 0 Å². The van der Waals surface area contributed by atoms with Gasteiger partial charge < -0.3 is 18.9 Å². The molecule has 0 aliphatic rings. The van der Waals surface area contributed by atoms with E-state index < -0.39 is 13.7 Å². The maximum atomic E-state index is 12.6. The summed E-state index contributed by atoms with van der Waals surface area (Å²) in [5.41, 5.74) is 1.68. The van der Waals surface area contributed by atoms with Crippen LogP contribution in [0.1, 0.15) is 31.1 Å². The molecule has 2 aromatic rings. The Bertz CT molecular complexity index is 679. The van der Waals surface area contributed by atoms with Crippen LogP contribution in [0.5, 0.6) is 5.75 Å². The van der Waals surface area contributed by atoms with Crippen molar-refractivity contribution in [2.45, 2.75) is 26.6 Å². The molecule has 0 radical (unpaired) electrons. The zero-order valence-corrected chi connectivity index (χ0v) is 15.5. The first-order chi connectivity index (χ1) is 12.1. The van der Waals surface area contributed by atoms with Crippen LogP contribution in [-0.2, 0) is 20.2 Å². The second-order valence-electron chi connectivity index (χ2n) is 5.49. The van der Waals surface area contributed by atoms with Gasteiger partial charge in [0, 0.05) is 0 Å². The van der Waals surface area contributed by atoms with Crippen molar-refractivity contribution in [3.8, 4) is 5.75 Å². The average Bonchev–Trinajstić information content (AvgIpc) is 2.61. The first-order valence-corrected chi connectivity index (χ1v) is 10.1. The molecule has 6 heteroatoms. The molecule has 1 atom stereocenters. The topological polar surface area (TPSA) is 65.0 Å². The summed E-state index contributed by atoms with van der Waals surface area (Å²) in [6, 6.07) is 17.0. The SMILES string of the molecule is CCOP(=O)(C[C@@H](O)c1cccc(OCc2ccccc2)c1)OCC. The first-order valence-electron chi connectivity index (χ1n) is 8.39. The first kappa shape index (κ1) is 19.7. The van der Waals surface area contributed by atoms with E-state index in [1.165, 1.54) is 0 Å². The minimum atomic E-state index is -3.31. The Morgan fingerprint density at radius 2 is 1.68 bits per heavy atom. The lowest BCUT2D eigenvalue weighted by molar-refractivity contribution is 0.170. The normalized spacial score (nSPS) is 12.8. The van der Waals surface area contributed by atoms with Crippen molar-refractivity contribution in [3.63, 3.8) is 0 Å². The van der Waals surface area contributed by atoms with Gasteiger partial charge in [-0.15, -0.1) is 0 Å². The van der Waals surface area contributed by atoms with Crippen LogP contribution in [0.15, 0.2) is 54.6 Å². The third-order valence-corrected chi connectivity index (χ3v) is 5.64. The van der Waals surface area contributed by atoms with Crippen LogP contribution in [0.25, 0.3) is 0 Å². The highest BCUT2D eigenvalue weighted by atomic mass is 31.2. The van der Waals surface area contributed by atoms with Crippen molar-refractivity contribution in [2.24, 2.45) is 0 Å². The summed E-state index contributed by atoms with van der Waals surface area (Å²) in [6.45, 7) is 4.47. The lowest BCUT2D eigenvalue weighted by Gasteiger charge is -2.20. The van der Waals surface area contributed by atoms with Gasteiger partial charge in [0.2, 0.25) is 0 Å². The molecule has 2 rings (SSSR count). The van der Waals surface area contributed by atoms with Crippen LogP contribution in [0.4, 0.5) is 0 Å². The van der Waals surface area contributed by atoms with Gasteiger partial charge in [-0.3, -0.25) is 4.57 Å². The Morgan fingerprint density at radius 1 is 1.00 bits per heavy atom. The van der Waals surface area contributed by atoms with Crippen LogP contribution in [0, 0.1) is 0 Å². The number of aliphatic hydroxyl groups excluding tert-OH is 1. The van der Waals surface area contributed by atoms with Crippen LogP contribution >= 0.6 is 7.60 Å². The second-order valence-corrected chi connectivity index (χ2v) is 7.59. The van der Waals surface area contributed by atoms with Crippen molar-refractivity contribution in [1.29, 1.82) is 0 Å². The summed E-state index contributed by atoms with van der Waals surface area (Å²) in [6.07, 6.45) is -1.04. The van der Waals surface area contributed by atoms with E-state index >= 15 is 0 Å². The smallest absolute Gasteiger partial charge is 0.333 e. The quantitative estimate of drug-likeness (QED) is 0.626. The fourth-order valence-corrected chi connectivity index (χ4v) is 4.11. The zero-order chi connectivity index (χ0) is 18.1. The van der Waals surface area contributed by atoms with Gasteiger partial charge in [-0.2, -0.15) is 0 Å². The van der Waals surface area contributed by atoms with Crippen LogP contribution in [-0.4, -0.2) is 24.5 Å². The Morgan fingerprint density at radius 3 is 2.32 bits per heavy atom. The molecule has 0 spiro atoms. The molecule has 0 unspecified atom stereocenters. The van der Waals surface area contributed by atoms with E-state index in [2.05, 4.69) is 0 Å². The van der Waals surface area contributed by atoms with Crippen molar-refractivity contribution in [3.05, 3.63) is 65.7 Å². The number of hydrogen-bond acceptors (Lipinski definition) is 5. The minimum Gasteiger partial charge on any atom is -0.489 e. The zero-order valence-electron chi connectivity index (χ0n) is 14.6. The van der Waals surface area contributed by atoms with E-state index in [0.717, 1.165) is 5.56 Å². The summed E-state index contributed by atoms with van der Waals surface area (Å²) >= 11 is 0. The molecular formula is C19H25O5P. The molecule has 0 fully saturated rings. The van der Waals surface area contributed by atoms with E-state index in [9.17, 15) is 9.67 Å². The molecule has 5 nitrogen and oxygen atoms in total. The van der Waals surface area contributed by atoms with Gasteiger partial charge in [-0.1, -0.05) is 42.5 Å². The van der Waals surface area contributed by atoms with Crippen molar-refractivity contribution in [2.75, 3.05) is 19.4 Å². The third kappa shape index (κ3) is 6.29. The summed E-state index contributed by atoms with van der Waals surface area (Å²) in [7, 11) is -3.31. The molecule has 2 aromatic carbocycles. The predicted octanol–water partition coefficient (Wildman–Crippen LogP) is 4.57. The van der Waals surface area contributed by atoms with E-state index in [0.29, 0.717) is 17.9 Å². The molecule has 0 saturated heterocycles. The Kier molecular flexibility index (Phi) is 7.66. The molecule has 0 aromatic heterocycles. The van der Waals surface area contributed by atoms with Gasteiger partial charge >= 0.3 is 7.60 Å². The maximum absolute atomic E-state index is 12.6. The number of benzene rings is 2. The van der Waals surface area contributed by atoms with Gasteiger partial charge in [-0.05, 0) is 37.1 Å². The highest BCUT2D eigenvalue weighted by Crippen LogP contribution is 2.50. The number of ether oxygens (including phenoxy) is 1. The van der Waals surface area contributed by atoms with E-state index in [1.807, 2.05) is 36.4 Å². The minimum absolute atomic E-state index is 0.0865. The van der Waals surface area contributed by atoms with Crippen molar-refractivity contribution >= 4 is 7.60 Å². The fourth-order valence-electron chi connectivity index (χ4n) is 2.41.